The van der Waals surface area contributed by atoms with Crippen LogP contribution >= 0.6 is 0 Å². The molecule has 0 radical (unpaired) electrons. The lowest BCUT2D eigenvalue weighted by atomic mass is 10.1. The van der Waals surface area contributed by atoms with Gasteiger partial charge in [0.1, 0.15) is 5.69 Å². The third-order valence-corrected chi connectivity index (χ3v) is 5.47. The topological polar surface area (TPSA) is 57.3 Å². The predicted octanol–water partition coefficient (Wildman–Crippen LogP) is 5.31. The van der Waals surface area contributed by atoms with Gasteiger partial charge in [0, 0.05) is 42.4 Å². The fraction of sp³-hybridized carbons (Fsp3) is 0.478. The van der Waals surface area contributed by atoms with Crippen molar-refractivity contribution >= 4 is 23.0 Å². The maximum atomic E-state index is 12.6. The average Bonchev–Trinajstić information content (AvgIpc) is 2.99. The fourth-order valence-corrected chi connectivity index (χ4v) is 3.84. The van der Waals surface area contributed by atoms with Crippen LogP contribution in [-0.4, -0.2) is 30.0 Å². The molecule has 1 aliphatic carbocycles. The Morgan fingerprint density at radius 3 is 2.32 bits per heavy atom. The molecule has 5 heteroatoms. The molecule has 150 valence electrons. The number of nitrogens with one attached hydrogen (secondary N) is 2. The van der Waals surface area contributed by atoms with Gasteiger partial charge in [-0.1, -0.05) is 25.7 Å². The summed E-state index contributed by atoms with van der Waals surface area (Å²) in [6.45, 7) is 6.21. The Hall–Kier alpha value is -2.56. The third-order valence-electron chi connectivity index (χ3n) is 5.47. The van der Waals surface area contributed by atoms with Crippen molar-refractivity contribution in [3.63, 3.8) is 0 Å². The minimum Gasteiger partial charge on any atom is -0.382 e. The smallest absolute Gasteiger partial charge is 0.274 e. The highest BCUT2D eigenvalue weighted by molar-refractivity contribution is 6.03. The molecule has 0 spiro atoms. The van der Waals surface area contributed by atoms with Crippen molar-refractivity contribution in [3.8, 4) is 0 Å². The summed E-state index contributed by atoms with van der Waals surface area (Å²) in [5.74, 6) is -0.180. The van der Waals surface area contributed by atoms with E-state index in [4.69, 9.17) is 0 Å². The average molecular weight is 381 g/mol. The number of amides is 1. The van der Waals surface area contributed by atoms with E-state index in [9.17, 15) is 4.79 Å². The molecule has 1 amide bonds. The second-order valence-electron chi connectivity index (χ2n) is 7.44. The normalized spacial score (nSPS) is 14.9. The van der Waals surface area contributed by atoms with Crippen LogP contribution < -0.4 is 15.5 Å². The van der Waals surface area contributed by atoms with Gasteiger partial charge in [0.2, 0.25) is 0 Å². The first kappa shape index (κ1) is 20.2. The van der Waals surface area contributed by atoms with Crippen LogP contribution in [-0.2, 0) is 0 Å². The van der Waals surface area contributed by atoms with Gasteiger partial charge in [-0.05, 0) is 63.1 Å². The number of aromatic nitrogens is 1. The molecule has 1 aromatic heterocycles. The van der Waals surface area contributed by atoms with Crippen LogP contribution in [0.2, 0.25) is 0 Å². The molecule has 0 saturated heterocycles. The van der Waals surface area contributed by atoms with E-state index in [1.54, 1.807) is 6.20 Å². The number of benzene rings is 1. The SMILES string of the molecule is CCN(CC)c1ccc(NC(=O)c2cc(NC3CCCCCC3)ccn2)cc1. The maximum absolute atomic E-state index is 12.6. The van der Waals surface area contributed by atoms with Gasteiger partial charge in [-0.2, -0.15) is 0 Å². The van der Waals surface area contributed by atoms with E-state index in [0.29, 0.717) is 11.7 Å². The van der Waals surface area contributed by atoms with E-state index < -0.39 is 0 Å². The number of rotatable bonds is 7. The molecule has 1 fully saturated rings. The predicted molar refractivity (Wildman–Crippen MR) is 117 cm³/mol. The van der Waals surface area contributed by atoms with Crippen LogP contribution in [0.1, 0.15) is 62.9 Å². The first-order valence-corrected chi connectivity index (χ1v) is 10.6. The van der Waals surface area contributed by atoms with Gasteiger partial charge in [0.25, 0.3) is 5.91 Å². The van der Waals surface area contributed by atoms with Crippen molar-refractivity contribution < 1.29 is 4.79 Å². The van der Waals surface area contributed by atoms with E-state index in [1.165, 1.54) is 38.5 Å². The van der Waals surface area contributed by atoms with Crippen LogP contribution in [0, 0.1) is 0 Å². The Balaban J connectivity index is 1.62. The molecule has 28 heavy (non-hydrogen) atoms. The fourth-order valence-electron chi connectivity index (χ4n) is 3.84. The van der Waals surface area contributed by atoms with Crippen molar-refractivity contribution in [2.24, 2.45) is 0 Å². The summed E-state index contributed by atoms with van der Waals surface area (Å²) < 4.78 is 0. The second kappa shape index (κ2) is 10.1. The Labute approximate surface area is 168 Å². The summed E-state index contributed by atoms with van der Waals surface area (Å²) in [6.07, 6.45) is 9.31. The monoisotopic (exact) mass is 380 g/mol. The first-order chi connectivity index (χ1) is 13.7. The second-order valence-corrected chi connectivity index (χ2v) is 7.44. The molecule has 0 unspecified atom stereocenters. The van der Waals surface area contributed by atoms with Crippen LogP contribution in [0.15, 0.2) is 42.6 Å². The number of hydrogen-bond acceptors (Lipinski definition) is 4. The van der Waals surface area contributed by atoms with E-state index >= 15 is 0 Å². The van der Waals surface area contributed by atoms with Gasteiger partial charge in [-0.25, -0.2) is 0 Å². The van der Waals surface area contributed by atoms with Crippen LogP contribution in [0.4, 0.5) is 17.1 Å². The molecule has 0 aliphatic heterocycles. The van der Waals surface area contributed by atoms with Gasteiger partial charge in [-0.3, -0.25) is 9.78 Å². The molecule has 0 bridgehead atoms. The molecule has 2 aromatic rings. The summed E-state index contributed by atoms with van der Waals surface area (Å²) >= 11 is 0. The summed E-state index contributed by atoms with van der Waals surface area (Å²) in [5, 5.41) is 6.54. The Bertz CT molecular complexity index is 747. The quantitative estimate of drug-likeness (QED) is 0.639. The lowest BCUT2D eigenvalue weighted by Gasteiger charge is -2.21. The molecular weight excluding hydrogens is 348 g/mol. The van der Waals surface area contributed by atoms with Gasteiger partial charge < -0.3 is 15.5 Å². The molecule has 0 atom stereocenters. The van der Waals surface area contributed by atoms with Crippen molar-refractivity contribution in [2.45, 2.75) is 58.4 Å². The van der Waals surface area contributed by atoms with E-state index in [2.05, 4.69) is 34.4 Å². The summed E-state index contributed by atoms with van der Waals surface area (Å²) in [4.78, 5) is 19.2. The third kappa shape index (κ3) is 5.47. The molecule has 1 aromatic carbocycles. The first-order valence-electron chi connectivity index (χ1n) is 10.6. The number of carbonyl (C=O) groups excluding carboxylic acids is 1. The highest BCUT2D eigenvalue weighted by Gasteiger charge is 2.14. The number of pyridine rings is 1. The van der Waals surface area contributed by atoms with Gasteiger partial charge >= 0.3 is 0 Å². The van der Waals surface area contributed by atoms with E-state index in [0.717, 1.165) is 30.2 Å². The van der Waals surface area contributed by atoms with E-state index in [1.807, 2.05) is 36.4 Å². The molecule has 3 rings (SSSR count). The van der Waals surface area contributed by atoms with Crippen LogP contribution in [0.5, 0.6) is 0 Å². The Morgan fingerprint density at radius 2 is 1.68 bits per heavy atom. The minimum absolute atomic E-state index is 0.180. The van der Waals surface area contributed by atoms with Crippen molar-refractivity contribution in [3.05, 3.63) is 48.3 Å². The van der Waals surface area contributed by atoms with Crippen LogP contribution in [0.25, 0.3) is 0 Å². The van der Waals surface area contributed by atoms with E-state index in [-0.39, 0.29) is 5.91 Å². The summed E-state index contributed by atoms with van der Waals surface area (Å²) in [6, 6.07) is 12.3. The number of carbonyl (C=O) groups is 1. The number of hydrogen-bond donors (Lipinski definition) is 2. The maximum Gasteiger partial charge on any atom is 0.274 e. The van der Waals surface area contributed by atoms with Crippen molar-refractivity contribution in [1.29, 1.82) is 0 Å². The summed E-state index contributed by atoms with van der Waals surface area (Å²) in [5.41, 5.74) is 3.36. The van der Waals surface area contributed by atoms with Crippen LogP contribution in [0.3, 0.4) is 0 Å². The molecule has 2 N–H and O–H groups in total. The van der Waals surface area contributed by atoms with Crippen molar-refractivity contribution in [1.82, 2.24) is 4.98 Å². The summed E-state index contributed by atoms with van der Waals surface area (Å²) in [7, 11) is 0. The van der Waals surface area contributed by atoms with Gasteiger partial charge in [-0.15, -0.1) is 0 Å². The minimum atomic E-state index is -0.180. The largest absolute Gasteiger partial charge is 0.382 e. The lowest BCUT2D eigenvalue weighted by Crippen LogP contribution is -2.21. The molecule has 5 nitrogen and oxygen atoms in total. The molecule has 1 heterocycles. The highest BCUT2D eigenvalue weighted by atomic mass is 16.1. The zero-order valence-electron chi connectivity index (χ0n) is 17.1. The number of anilines is 3. The van der Waals surface area contributed by atoms with Crippen molar-refractivity contribution in [2.75, 3.05) is 28.6 Å². The molecular formula is C23H32N4O. The number of nitrogens with zero attached hydrogens (tertiary/aromatic N) is 2. The Morgan fingerprint density at radius 1 is 1.00 bits per heavy atom. The molecule has 1 aliphatic rings. The zero-order valence-corrected chi connectivity index (χ0v) is 17.1. The molecule has 1 saturated carbocycles. The standard InChI is InChI=1S/C23H32N4O/c1-3-27(4-2)21-13-11-19(12-14-21)26-23(28)22-17-20(15-16-24-22)25-18-9-7-5-6-8-10-18/h11-18H,3-10H2,1-2H3,(H,24,25)(H,26,28). The lowest BCUT2D eigenvalue weighted by molar-refractivity contribution is 0.102. The zero-order chi connectivity index (χ0) is 19.8. The Kier molecular flexibility index (Phi) is 7.29. The van der Waals surface area contributed by atoms with Gasteiger partial charge in [0.05, 0.1) is 0 Å². The highest BCUT2D eigenvalue weighted by Crippen LogP contribution is 2.22. The van der Waals surface area contributed by atoms with Gasteiger partial charge in [0.15, 0.2) is 0 Å².